The van der Waals surface area contributed by atoms with Gasteiger partial charge >= 0.3 is 7.12 Å². The number of rotatable bonds is 3. The maximum absolute atomic E-state index is 11.1. The third kappa shape index (κ3) is 3.94. The van der Waals surface area contributed by atoms with Gasteiger partial charge in [0.2, 0.25) is 0 Å². The molecule has 1 aliphatic carbocycles. The number of aliphatic hydroxyl groups excluding tert-OH is 1. The molecule has 2 atom stereocenters. The van der Waals surface area contributed by atoms with Crippen LogP contribution in [0.4, 0.5) is 0 Å². The van der Waals surface area contributed by atoms with E-state index in [1.165, 1.54) is 16.7 Å². The Bertz CT molecular complexity index is 937. The second kappa shape index (κ2) is 8.29. The zero-order valence-electron chi connectivity index (χ0n) is 19.9. The predicted molar refractivity (Wildman–Crippen MR) is 129 cm³/mol. The SMILES string of the molecule is CC1(C)OB(c2cccc3c2CC(N2CCC(c4ccccc4)CC2)C(O)C3)OC1(C)C. The van der Waals surface area contributed by atoms with E-state index in [0.717, 1.165) is 37.8 Å². The van der Waals surface area contributed by atoms with E-state index < -0.39 is 0 Å². The minimum absolute atomic E-state index is 0.155. The van der Waals surface area contributed by atoms with Crippen LogP contribution >= 0.6 is 0 Å². The number of hydrogen-bond acceptors (Lipinski definition) is 4. The van der Waals surface area contributed by atoms with E-state index in [1.807, 2.05) is 0 Å². The van der Waals surface area contributed by atoms with E-state index in [0.29, 0.717) is 12.3 Å². The van der Waals surface area contributed by atoms with Gasteiger partial charge in [0.05, 0.1) is 17.3 Å². The molecule has 0 amide bonds. The third-order valence-corrected chi connectivity index (χ3v) is 8.37. The molecule has 4 nitrogen and oxygen atoms in total. The van der Waals surface area contributed by atoms with Crippen molar-refractivity contribution in [3.8, 4) is 0 Å². The van der Waals surface area contributed by atoms with Crippen LogP contribution < -0.4 is 5.46 Å². The molecular formula is C27H36BNO3. The lowest BCUT2D eigenvalue weighted by Crippen LogP contribution is -2.52. The molecule has 0 bridgehead atoms. The molecule has 2 aromatic carbocycles. The quantitative estimate of drug-likeness (QED) is 0.750. The van der Waals surface area contributed by atoms with Gasteiger partial charge in [-0.15, -0.1) is 0 Å². The molecule has 1 N–H and O–H groups in total. The fourth-order valence-electron chi connectivity index (χ4n) is 5.65. The Morgan fingerprint density at radius 2 is 1.53 bits per heavy atom. The minimum atomic E-state index is -0.354. The molecule has 0 aromatic heterocycles. The summed E-state index contributed by atoms with van der Waals surface area (Å²) in [6, 6.07) is 17.4. The Morgan fingerprint density at radius 3 is 2.19 bits per heavy atom. The van der Waals surface area contributed by atoms with Crippen LogP contribution in [0.3, 0.4) is 0 Å². The van der Waals surface area contributed by atoms with Gasteiger partial charge in [-0.1, -0.05) is 48.5 Å². The molecule has 2 fully saturated rings. The van der Waals surface area contributed by atoms with Gasteiger partial charge in [0.1, 0.15) is 0 Å². The second-order valence-corrected chi connectivity index (χ2v) is 10.8. The van der Waals surface area contributed by atoms with Crippen molar-refractivity contribution in [1.82, 2.24) is 4.90 Å². The van der Waals surface area contributed by atoms with E-state index in [1.54, 1.807) is 0 Å². The number of nitrogens with zero attached hydrogens (tertiary/aromatic N) is 1. The average Bonchev–Trinajstić information content (AvgIpc) is 3.00. The molecule has 32 heavy (non-hydrogen) atoms. The molecule has 0 spiro atoms. The van der Waals surface area contributed by atoms with Crippen LogP contribution in [-0.2, 0) is 22.2 Å². The van der Waals surface area contributed by atoms with Crippen LogP contribution in [0.25, 0.3) is 0 Å². The summed E-state index contributed by atoms with van der Waals surface area (Å²) in [5.74, 6) is 0.626. The molecule has 2 aromatic rings. The highest BCUT2D eigenvalue weighted by molar-refractivity contribution is 6.62. The number of piperidine rings is 1. The predicted octanol–water partition coefficient (Wildman–Crippen LogP) is 3.69. The Hall–Kier alpha value is -1.66. The first kappa shape index (κ1) is 22.2. The van der Waals surface area contributed by atoms with Crippen molar-refractivity contribution >= 4 is 12.6 Å². The molecule has 2 heterocycles. The summed E-state index contributed by atoms with van der Waals surface area (Å²) in [5, 5.41) is 11.1. The normalized spacial score (nSPS) is 28.0. The Balaban J connectivity index is 1.34. The topological polar surface area (TPSA) is 41.9 Å². The number of benzene rings is 2. The zero-order chi connectivity index (χ0) is 22.5. The van der Waals surface area contributed by atoms with Gasteiger partial charge in [0.25, 0.3) is 0 Å². The van der Waals surface area contributed by atoms with E-state index in [-0.39, 0.29) is 30.5 Å². The molecule has 170 valence electrons. The van der Waals surface area contributed by atoms with Crippen molar-refractivity contribution in [2.24, 2.45) is 0 Å². The standard InChI is InChI=1S/C27H36BNO3/c1-26(2)27(3,4)32-28(31-26)23-12-8-11-21-17-25(30)24(18-22(21)23)29-15-13-20(14-16-29)19-9-6-5-7-10-19/h5-12,20,24-25,30H,13-18H2,1-4H3. The Morgan fingerprint density at radius 1 is 0.875 bits per heavy atom. The summed E-state index contributed by atoms with van der Waals surface area (Å²) in [6.07, 6.45) is 3.53. The van der Waals surface area contributed by atoms with Crippen LogP contribution in [0.15, 0.2) is 48.5 Å². The molecule has 2 saturated heterocycles. The molecule has 5 heteroatoms. The summed E-state index contributed by atoms with van der Waals surface area (Å²) in [5.41, 5.74) is 4.43. The molecule has 2 aliphatic heterocycles. The average molecular weight is 433 g/mol. The first-order valence-electron chi connectivity index (χ1n) is 12.2. The summed E-state index contributed by atoms with van der Waals surface area (Å²) in [7, 11) is -0.352. The van der Waals surface area contributed by atoms with E-state index in [4.69, 9.17) is 9.31 Å². The van der Waals surface area contributed by atoms with Gasteiger partial charge in [0, 0.05) is 12.5 Å². The van der Waals surface area contributed by atoms with Crippen LogP contribution in [-0.4, -0.2) is 53.6 Å². The fraction of sp³-hybridized carbons (Fsp3) is 0.556. The van der Waals surface area contributed by atoms with Gasteiger partial charge in [-0.3, -0.25) is 4.90 Å². The molecule has 5 rings (SSSR count). The van der Waals surface area contributed by atoms with Crippen LogP contribution in [0.1, 0.15) is 63.1 Å². The number of fused-ring (bicyclic) bond motifs is 1. The first-order valence-corrected chi connectivity index (χ1v) is 12.2. The third-order valence-electron chi connectivity index (χ3n) is 8.37. The van der Waals surface area contributed by atoms with Crippen LogP contribution in [0, 0.1) is 0 Å². The van der Waals surface area contributed by atoms with Gasteiger partial charge in [-0.25, -0.2) is 0 Å². The maximum Gasteiger partial charge on any atom is 0.495 e. The maximum atomic E-state index is 11.1. The van der Waals surface area contributed by atoms with E-state index in [9.17, 15) is 5.11 Å². The van der Waals surface area contributed by atoms with Crippen molar-refractivity contribution in [2.75, 3.05) is 13.1 Å². The lowest BCUT2D eigenvalue weighted by atomic mass is 9.70. The van der Waals surface area contributed by atoms with Gasteiger partial charge in [-0.05, 0) is 88.1 Å². The number of hydrogen-bond donors (Lipinski definition) is 1. The lowest BCUT2D eigenvalue weighted by Gasteiger charge is -2.42. The molecule has 0 radical (unpaired) electrons. The van der Waals surface area contributed by atoms with Crippen molar-refractivity contribution in [2.45, 2.75) is 82.6 Å². The fourth-order valence-corrected chi connectivity index (χ4v) is 5.65. The van der Waals surface area contributed by atoms with Crippen LogP contribution in [0.2, 0.25) is 0 Å². The summed E-state index contributed by atoms with van der Waals surface area (Å²) >= 11 is 0. The minimum Gasteiger partial charge on any atom is -0.399 e. The van der Waals surface area contributed by atoms with E-state index in [2.05, 4.69) is 81.1 Å². The monoisotopic (exact) mass is 433 g/mol. The summed E-state index contributed by atoms with van der Waals surface area (Å²) in [4.78, 5) is 2.52. The largest absolute Gasteiger partial charge is 0.495 e. The van der Waals surface area contributed by atoms with Crippen molar-refractivity contribution in [3.05, 3.63) is 65.2 Å². The Kier molecular flexibility index (Phi) is 5.74. The summed E-state index contributed by atoms with van der Waals surface area (Å²) in [6.45, 7) is 10.5. The second-order valence-electron chi connectivity index (χ2n) is 10.8. The molecule has 3 aliphatic rings. The van der Waals surface area contributed by atoms with Gasteiger partial charge < -0.3 is 14.4 Å². The van der Waals surface area contributed by atoms with Gasteiger partial charge in [0.15, 0.2) is 0 Å². The highest BCUT2D eigenvalue weighted by Crippen LogP contribution is 2.38. The summed E-state index contributed by atoms with van der Waals surface area (Å²) < 4.78 is 12.8. The van der Waals surface area contributed by atoms with E-state index >= 15 is 0 Å². The van der Waals surface area contributed by atoms with Gasteiger partial charge in [-0.2, -0.15) is 0 Å². The molecule has 0 saturated carbocycles. The smallest absolute Gasteiger partial charge is 0.399 e. The highest BCUT2D eigenvalue weighted by Gasteiger charge is 2.52. The highest BCUT2D eigenvalue weighted by atomic mass is 16.7. The molecular weight excluding hydrogens is 397 g/mol. The van der Waals surface area contributed by atoms with Crippen LogP contribution in [0.5, 0.6) is 0 Å². The zero-order valence-corrected chi connectivity index (χ0v) is 19.9. The van der Waals surface area contributed by atoms with Crippen molar-refractivity contribution in [1.29, 1.82) is 0 Å². The first-order chi connectivity index (χ1) is 15.2. The molecule has 2 unspecified atom stereocenters. The number of aliphatic hydroxyl groups is 1. The number of likely N-dealkylation sites (tertiary alicyclic amines) is 1. The Labute approximate surface area is 193 Å². The van der Waals surface area contributed by atoms with Crippen molar-refractivity contribution in [3.63, 3.8) is 0 Å². The van der Waals surface area contributed by atoms with Crippen molar-refractivity contribution < 1.29 is 14.4 Å². The lowest BCUT2D eigenvalue weighted by molar-refractivity contribution is 0.00578.